The third kappa shape index (κ3) is 6.41. The van der Waals surface area contributed by atoms with Crippen molar-refractivity contribution in [3.63, 3.8) is 0 Å². The summed E-state index contributed by atoms with van der Waals surface area (Å²) in [5.74, 6) is 0.384. The van der Waals surface area contributed by atoms with Crippen LogP contribution in [-0.2, 0) is 4.74 Å². The minimum Gasteiger partial charge on any atom is -0.396 e. The lowest BCUT2D eigenvalue weighted by atomic mass is 9.84. The minimum absolute atomic E-state index is 0. The number of guanidine groups is 1. The van der Waals surface area contributed by atoms with Gasteiger partial charge in [-0.3, -0.25) is 9.89 Å². The molecule has 30 heavy (non-hydrogen) atoms. The summed E-state index contributed by atoms with van der Waals surface area (Å²) in [6, 6.07) is 4.69. The summed E-state index contributed by atoms with van der Waals surface area (Å²) in [5.41, 5.74) is 0.468. The van der Waals surface area contributed by atoms with Crippen molar-refractivity contribution in [3.8, 4) is 0 Å². The molecule has 0 bridgehead atoms. The Morgan fingerprint density at radius 2 is 2.13 bits per heavy atom. The second kappa shape index (κ2) is 12.4. The minimum atomic E-state index is -0.274. The van der Waals surface area contributed by atoms with E-state index in [0.29, 0.717) is 42.7 Å². The topological polar surface area (TPSA) is 69.1 Å². The van der Waals surface area contributed by atoms with Gasteiger partial charge in [0, 0.05) is 49.4 Å². The summed E-state index contributed by atoms with van der Waals surface area (Å²) >= 11 is 6.37. The van der Waals surface area contributed by atoms with Crippen molar-refractivity contribution in [1.82, 2.24) is 15.5 Å². The Balaban J connectivity index is 0.00000320. The SMILES string of the molecule is CN=C(NCC(c1c(F)cccc1Cl)N1CCCC1)NCC1(CCO)CCOC1.I. The van der Waals surface area contributed by atoms with Crippen LogP contribution in [0.5, 0.6) is 0 Å². The molecular formula is C21H33ClFIN4O2. The van der Waals surface area contributed by atoms with Crippen LogP contribution in [0.25, 0.3) is 0 Å². The van der Waals surface area contributed by atoms with E-state index >= 15 is 0 Å². The summed E-state index contributed by atoms with van der Waals surface area (Å²) in [4.78, 5) is 6.60. The van der Waals surface area contributed by atoms with Crippen molar-refractivity contribution in [1.29, 1.82) is 0 Å². The number of rotatable bonds is 8. The smallest absolute Gasteiger partial charge is 0.191 e. The second-order valence-corrected chi connectivity index (χ2v) is 8.38. The number of benzene rings is 1. The predicted octanol–water partition coefficient (Wildman–Crippen LogP) is 3.19. The number of aliphatic imine (C=N–C) groups is 1. The molecule has 0 radical (unpaired) electrons. The van der Waals surface area contributed by atoms with Crippen molar-refractivity contribution >= 4 is 41.5 Å². The Morgan fingerprint density at radius 3 is 2.73 bits per heavy atom. The molecule has 0 saturated carbocycles. The van der Waals surface area contributed by atoms with Crippen molar-refractivity contribution < 1.29 is 14.2 Å². The van der Waals surface area contributed by atoms with Gasteiger partial charge in [0.25, 0.3) is 0 Å². The molecule has 2 heterocycles. The molecule has 2 aliphatic rings. The van der Waals surface area contributed by atoms with E-state index in [1.807, 2.05) is 0 Å². The Kier molecular flexibility index (Phi) is 10.6. The fourth-order valence-corrected chi connectivity index (χ4v) is 4.58. The largest absolute Gasteiger partial charge is 0.396 e. The number of aliphatic hydroxyl groups is 1. The van der Waals surface area contributed by atoms with Gasteiger partial charge >= 0.3 is 0 Å². The molecule has 0 aromatic heterocycles. The van der Waals surface area contributed by atoms with Crippen molar-refractivity contribution in [2.45, 2.75) is 31.7 Å². The standard InChI is InChI=1S/C21H32ClFN4O2.HI/c1-24-20(26-14-21(7-11-28)8-12-29-15-21)25-13-18(27-9-2-3-10-27)19-16(22)5-4-6-17(19)23;/h4-6,18,28H,2-3,7-15H2,1H3,(H2,24,25,26);1H. The molecular weight excluding hydrogens is 522 g/mol. The summed E-state index contributed by atoms with van der Waals surface area (Å²) in [5, 5.41) is 16.6. The van der Waals surface area contributed by atoms with E-state index in [1.165, 1.54) is 6.07 Å². The van der Waals surface area contributed by atoms with E-state index in [4.69, 9.17) is 16.3 Å². The fourth-order valence-electron chi connectivity index (χ4n) is 4.29. The van der Waals surface area contributed by atoms with Crippen molar-refractivity contribution in [2.24, 2.45) is 10.4 Å². The molecule has 2 saturated heterocycles. The van der Waals surface area contributed by atoms with Gasteiger partial charge in [0.15, 0.2) is 5.96 Å². The number of aliphatic hydroxyl groups excluding tert-OH is 1. The molecule has 2 fully saturated rings. The summed E-state index contributed by atoms with van der Waals surface area (Å²) in [6.45, 7) is 4.53. The third-order valence-corrected chi connectivity index (χ3v) is 6.39. The average molecular weight is 555 g/mol. The van der Waals surface area contributed by atoms with Crippen LogP contribution in [-0.4, -0.2) is 69.0 Å². The highest BCUT2D eigenvalue weighted by atomic mass is 127. The first-order chi connectivity index (χ1) is 14.1. The lowest BCUT2D eigenvalue weighted by molar-refractivity contribution is 0.127. The van der Waals surface area contributed by atoms with E-state index in [0.717, 1.165) is 39.0 Å². The number of hydrogen-bond acceptors (Lipinski definition) is 4. The van der Waals surface area contributed by atoms with E-state index in [-0.39, 0.29) is 47.9 Å². The van der Waals surface area contributed by atoms with Gasteiger partial charge in [-0.25, -0.2) is 4.39 Å². The van der Waals surface area contributed by atoms with Crippen LogP contribution in [0, 0.1) is 11.2 Å². The zero-order valence-corrected chi connectivity index (χ0v) is 20.6. The molecule has 0 amide bonds. The van der Waals surface area contributed by atoms with Crippen LogP contribution < -0.4 is 10.6 Å². The Morgan fingerprint density at radius 1 is 1.37 bits per heavy atom. The highest BCUT2D eigenvalue weighted by Crippen LogP contribution is 2.33. The number of likely N-dealkylation sites (tertiary alicyclic amines) is 1. The van der Waals surface area contributed by atoms with Crippen LogP contribution in [0.15, 0.2) is 23.2 Å². The van der Waals surface area contributed by atoms with Gasteiger partial charge in [0.05, 0.1) is 12.6 Å². The molecule has 9 heteroatoms. The number of nitrogens with zero attached hydrogens (tertiary/aromatic N) is 2. The van der Waals surface area contributed by atoms with Crippen LogP contribution in [0.4, 0.5) is 4.39 Å². The van der Waals surface area contributed by atoms with Crippen molar-refractivity contribution in [3.05, 3.63) is 34.6 Å². The number of halogens is 3. The summed E-state index contributed by atoms with van der Waals surface area (Å²) < 4.78 is 20.2. The molecule has 2 aliphatic heterocycles. The number of hydrogen-bond donors (Lipinski definition) is 3. The summed E-state index contributed by atoms with van der Waals surface area (Å²) in [6.07, 6.45) is 3.83. The highest BCUT2D eigenvalue weighted by molar-refractivity contribution is 14.0. The van der Waals surface area contributed by atoms with Gasteiger partial charge in [0.2, 0.25) is 0 Å². The molecule has 2 unspecified atom stereocenters. The number of ether oxygens (including phenoxy) is 1. The lowest BCUT2D eigenvalue weighted by Gasteiger charge is -2.31. The first-order valence-electron chi connectivity index (χ1n) is 10.4. The molecule has 1 aromatic carbocycles. The molecule has 2 atom stereocenters. The van der Waals surface area contributed by atoms with Crippen molar-refractivity contribution in [2.75, 3.05) is 53.0 Å². The van der Waals surface area contributed by atoms with Gasteiger partial charge in [-0.1, -0.05) is 17.7 Å². The second-order valence-electron chi connectivity index (χ2n) is 7.98. The van der Waals surface area contributed by atoms with Crippen LogP contribution in [0.2, 0.25) is 5.02 Å². The van der Waals surface area contributed by atoms with Gasteiger partial charge < -0.3 is 20.5 Å². The molecule has 3 N–H and O–H groups in total. The monoisotopic (exact) mass is 554 g/mol. The quantitative estimate of drug-likeness (QED) is 0.262. The van der Waals surface area contributed by atoms with Gasteiger partial charge in [-0.15, -0.1) is 24.0 Å². The summed E-state index contributed by atoms with van der Waals surface area (Å²) in [7, 11) is 1.72. The Hall–Kier alpha value is -0.680. The zero-order valence-electron chi connectivity index (χ0n) is 17.5. The average Bonchev–Trinajstić information content (AvgIpc) is 3.39. The van der Waals surface area contributed by atoms with E-state index in [2.05, 4.69) is 20.5 Å². The fraction of sp³-hybridized carbons (Fsp3) is 0.667. The van der Waals surface area contributed by atoms with Gasteiger partial charge in [0.1, 0.15) is 5.82 Å². The maximum atomic E-state index is 14.6. The van der Waals surface area contributed by atoms with Gasteiger partial charge in [-0.2, -0.15) is 0 Å². The Labute approximate surface area is 200 Å². The van der Waals surface area contributed by atoms with E-state index in [9.17, 15) is 9.50 Å². The molecule has 1 aromatic rings. The lowest BCUT2D eigenvalue weighted by Crippen LogP contribution is -2.47. The zero-order chi connectivity index (χ0) is 20.7. The molecule has 3 rings (SSSR count). The molecule has 0 spiro atoms. The van der Waals surface area contributed by atoms with Crippen LogP contribution in [0.1, 0.15) is 37.3 Å². The first kappa shape index (κ1) is 25.6. The van der Waals surface area contributed by atoms with E-state index in [1.54, 1.807) is 19.2 Å². The molecule has 0 aliphatic carbocycles. The maximum absolute atomic E-state index is 14.6. The molecule has 170 valence electrons. The highest BCUT2D eigenvalue weighted by Gasteiger charge is 2.34. The normalized spacial score (nSPS) is 23.3. The molecule has 6 nitrogen and oxygen atoms in total. The van der Waals surface area contributed by atoms with Crippen LogP contribution in [0.3, 0.4) is 0 Å². The first-order valence-corrected chi connectivity index (χ1v) is 10.8. The number of nitrogens with one attached hydrogen (secondary N) is 2. The maximum Gasteiger partial charge on any atom is 0.191 e. The Bertz CT molecular complexity index is 677. The van der Waals surface area contributed by atoms with Crippen LogP contribution >= 0.6 is 35.6 Å². The van der Waals surface area contributed by atoms with Gasteiger partial charge in [-0.05, 0) is 50.9 Å². The third-order valence-electron chi connectivity index (χ3n) is 6.06. The van der Waals surface area contributed by atoms with E-state index < -0.39 is 0 Å². The predicted molar refractivity (Wildman–Crippen MR) is 129 cm³/mol.